The van der Waals surface area contributed by atoms with Gasteiger partial charge in [0.2, 0.25) is 11.6 Å². The quantitative estimate of drug-likeness (QED) is 0.864. The van der Waals surface area contributed by atoms with E-state index in [4.69, 9.17) is 0 Å². The van der Waals surface area contributed by atoms with Crippen LogP contribution in [0, 0.1) is 0 Å². The molecule has 1 aromatic rings. The maximum absolute atomic E-state index is 12.5. The topological polar surface area (TPSA) is 64.0 Å². The number of hydrogen-bond acceptors (Lipinski definition) is 3. The lowest BCUT2D eigenvalue weighted by Crippen LogP contribution is -2.30. The van der Waals surface area contributed by atoms with Crippen molar-refractivity contribution < 1.29 is 4.79 Å². The number of carbonyl (C=O) groups is 1. The number of hydrogen-bond donors (Lipinski definition) is 1. The number of anilines is 1. The number of nitrogens with one attached hydrogen (secondary N) is 1. The van der Waals surface area contributed by atoms with Crippen LogP contribution < -0.4 is 10.9 Å². The van der Waals surface area contributed by atoms with E-state index in [0.29, 0.717) is 12.5 Å². The molecular formula is C13H22N3O2P. The van der Waals surface area contributed by atoms with Gasteiger partial charge in [0.1, 0.15) is 0 Å². The minimum Gasteiger partial charge on any atom is -0.293 e. The number of rotatable bonds is 4. The molecule has 0 radical (unpaired) electrons. The summed E-state index contributed by atoms with van der Waals surface area (Å²) >= 11 is 0. The molecule has 1 N–H and O–H groups in total. The normalized spacial score (nSPS) is 11.2. The van der Waals surface area contributed by atoms with E-state index in [9.17, 15) is 9.59 Å². The molecule has 0 spiro atoms. The van der Waals surface area contributed by atoms with E-state index in [2.05, 4.69) is 10.3 Å². The maximum Gasteiger partial charge on any atom is 0.258 e. The Morgan fingerprint density at radius 2 is 1.89 bits per heavy atom. The molecule has 1 aromatic heterocycles. The van der Waals surface area contributed by atoms with Crippen molar-refractivity contribution in [2.75, 3.05) is 5.32 Å². The predicted octanol–water partition coefficient (Wildman–Crippen LogP) is 2.92. The Morgan fingerprint density at radius 3 is 2.26 bits per heavy atom. The lowest BCUT2D eigenvalue weighted by atomic mass is 9.96. The predicted molar refractivity (Wildman–Crippen MR) is 81.1 cm³/mol. The average Bonchev–Trinajstić information content (AvgIpc) is 2.26. The number of amides is 1. The minimum absolute atomic E-state index is 0.0649. The van der Waals surface area contributed by atoms with Crippen molar-refractivity contribution in [1.29, 1.82) is 0 Å². The van der Waals surface area contributed by atoms with Crippen LogP contribution in [0.3, 0.4) is 0 Å². The number of aromatic nitrogens is 2. The van der Waals surface area contributed by atoms with E-state index in [0.717, 1.165) is 11.3 Å². The Balaban J connectivity index is 3.61. The summed E-state index contributed by atoms with van der Waals surface area (Å²) in [6.07, 6.45) is 0. The molecule has 1 heterocycles. The van der Waals surface area contributed by atoms with Crippen LogP contribution in [0.5, 0.6) is 0 Å². The van der Waals surface area contributed by atoms with Crippen molar-refractivity contribution in [1.82, 2.24) is 9.55 Å². The summed E-state index contributed by atoms with van der Waals surface area (Å²) in [5, 5.41) is 2.60. The van der Waals surface area contributed by atoms with Crippen LogP contribution in [-0.4, -0.2) is 15.2 Å². The van der Waals surface area contributed by atoms with Crippen molar-refractivity contribution in [2.24, 2.45) is 0 Å². The Hall–Kier alpha value is -1.22. The first-order valence-corrected chi connectivity index (χ1v) is 7.08. The molecule has 106 valence electrons. The van der Waals surface area contributed by atoms with E-state index in [1.165, 1.54) is 4.57 Å². The highest BCUT2D eigenvalue weighted by atomic mass is 31.0. The molecule has 1 unspecified atom stereocenters. The van der Waals surface area contributed by atoms with Crippen LogP contribution in [0.1, 0.15) is 57.7 Å². The standard InChI is InChI=1S/C13H22N3O2P/c1-6-16-11(17)9(7(2)3)10(8(4)5)14-12(16)15-13(18)19/h7-8H,6,19H2,1-5H3,(H,14,15,18). The molecule has 0 aliphatic rings. The largest absolute Gasteiger partial charge is 0.293 e. The van der Waals surface area contributed by atoms with Crippen molar-refractivity contribution >= 4 is 20.8 Å². The maximum atomic E-state index is 12.5. The fourth-order valence-electron chi connectivity index (χ4n) is 2.07. The minimum atomic E-state index is -0.305. The third-order valence-corrected chi connectivity index (χ3v) is 3.05. The number of nitrogens with zero attached hydrogens (tertiary/aromatic N) is 2. The van der Waals surface area contributed by atoms with Gasteiger partial charge < -0.3 is 0 Å². The Bertz CT molecular complexity index is 535. The van der Waals surface area contributed by atoms with Crippen LogP contribution >= 0.6 is 9.24 Å². The van der Waals surface area contributed by atoms with Crippen molar-refractivity contribution in [3.63, 3.8) is 0 Å². The van der Waals surface area contributed by atoms with Gasteiger partial charge in [-0.3, -0.25) is 19.5 Å². The SMILES string of the molecule is CCn1c(NC(=O)P)nc(C(C)C)c(C(C)C)c1=O. The first kappa shape index (κ1) is 15.8. The molecule has 0 saturated carbocycles. The van der Waals surface area contributed by atoms with Crippen LogP contribution in [0.2, 0.25) is 0 Å². The molecule has 0 aliphatic carbocycles. The van der Waals surface area contributed by atoms with Gasteiger partial charge in [0.05, 0.1) is 5.69 Å². The zero-order chi connectivity index (χ0) is 14.7. The lowest BCUT2D eigenvalue weighted by Gasteiger charge is -2.19. The molecule has 1 atom stereocenters. The first-order chi connectivity index (χ1) is 8.79. The molecule has 0 fully saturated rings. The van der Waals surface area contributed by atoms with Gasteiger partial charge in [-0.05, 0) is 28.0 Å². The van der Waals surface area contributed by atoms with Crippen LogP contribution in [-0.2, 0) is 6.54 Å². The third-order valence-electron chi connectivity index (χ3n) is 2.91. The van der Waals surface area contributed by atoms with Crippen LogP contribution in [0.4, 0.5) is 10.7 Å². The molecule has 19 heavy (non-hydrogen) atoms. The van der Waals surface area contributed by atoms with Crippen molar-refractivity contribution in [2.45, 2.75) is 53.0 Å². The van der Waals surface area contributed by atoms with Crippen molar-refractivity contribution in [3.05, 3.63) is 21.6 Å². The fraction of sp³-hybridized carbons (Fsp3) is 0.615. The van der Waals surface area contributed by atoms with Crippen LogP contribution in [0.25, 0.3) is 0 Å². The zero-order valence-electron chi connectivity index (χ0n) is 12.2. The van der Waals surface area contributed by atoms with Gasteiger partial charge in [-0.25, -0.2) is 4.98 Å². The second kappa shape index (κ2) is 6.29. The fourth-order valence-corrected chi connectivity index (χ4v) is 2.20. The van der Waals surface area contributed by atoms with Gasteiger partial charge >= 0.3 is 0 Å². The summed E-state index contributed by atoms with van der Waals surface area (Å²) in [6.45, 7) is 10.3. The molecule has 0 saturated heterocycles. The Morgan fingerprint density at radius 1 is 1.32 bits per heavy atom. The summed E-state index contributed by atoms with van der Waals surface area (Å²) in [6, 6.07) is 0. The van der Waals surface area contributed by atoms with Gasteiger partial charge in [-0.2, -0.15) is 0 Å². The molecule has 1 rings (SSSR count). The molecule has 0 aromatic carbocycles. The van der Waals surface area contributed by atoms with Gasteiger partial charge in [0, 0.05) is 12.1 Å². The van der Waals surface area contributed by atoms with Crippen LogP contribution in [0.15, 0.2) is 4.79 Å². The molecule has 6 heteroatoms. The summed E-state index contributed by atoms with van der Waals surface area (Å²) in [7, 11) is 2.03. The smallest absolute Gasteiger partial charge is 0.258 e. The van der Waals surface area contributed by atoms with Gasteiger partial charge in [0.25, 0.3) is 5.56 Å². The van der Waals surface area contributed by atoms with Gasteiger partial charge in [0.15, 0.2) is 0 Å². The molecular weight excluding hydrogens is 261 g/mol. The van der Waals surface area contributed by atoms with E-state index in [-0.39, 0.29) is 23.0 Å². The summed E-state index contributed by atoms with van der Waals surface area (Å²) in [5.74, 6) is 0.563. The third kappa shape index (κ3) is 3.41. The average molecular weight is 283 g/mol. The molecule has 1 amide bonds. The molecule has 0 bridgehead atoms. The summed E-state index contributed by atoms with van der Waals surface area (Å²) in [4.78, 5) is 28.2. The summed E-state index contributed by atoms with van der Waals surface area (Å²) in [5.41, 5.74) is 1.13. The highest BCUT2D eigenvalue weighted by molar-refractivity contribution is 7.40. The van der Waals surface area contributed by atoms with E-state index in [1.54, 1.807) is 0 Å². The summed E-state index contributed by atoms with van der Waals surface area (Å²) < 4.78 is 1.50. The zero-order valence-corrected chi connectivity index (χ0v) is 13.3. The molecule has 5 nitrogen and oxygen atoms in total. The molecule has 0 aliphatic heterocycles. The second-order valence-corrected chi connectivity index (χ2v) is 5.61. The highest BCUT2D eigenvalue weighted by Crippen LogP contribution is 2.23. The second-order valence-electron chi connectivity index (χ2n) is 5.08. The van der Waals surface area contributed by atoms with Crippen molar-refractivity contribution in [3.8, 4) is 0 Å². The van der Waals surface area contributed by atoms with E-state index >= 15 is 0 Å². The lowest BCUT2D eigenvalue weighted by molar-refractivity contribution is 0.269. The highest BCUT2D eigenvalue weighted by Gasteiger charge is 2.20. The Kier molecular flexibility index (Phi) is 5.24. The number of carbonyl (C=O) groups excluding carboxylic acids is 1. The first-order valence-electron chi connectivity index (χ1n) is 6.50. The van der Waals surface area contributed by atoms with E-state index < -0.39 is 0 Å². The monoisotopic (exact) mass is 283 g/mol. The Labute approximate surface area is 116 Å². The van der Waals surface area contributed by atoms with Gasteiger partial charge in [-0.15, -0.1) is 0 Å². The van der Waals surface area contributed by atoms with Gasteiger partial charge in [-0.1, -0.05) is 27.7 Å². The van der Waals surface area contributed by atoms with E-state index in [1.807, 2.05) is 43.9 Å².